The van der Waals surface area contributed by atoms with Gasteiger partial charge in [-0.3, -0.25) is 10.1 Å². The van der Waals surface area contributed by atoms with Crippen molar-refractivity contribution in [1.82, 2.24) is 15.2 Å². The Hall–Kier alpha value is -2.91. The van der Waals surface area contributed by atoms with Gasteiger partial charge in [-0.2, -0.15) is 4.98 Å². The van der Waals surface area contributed by atoms with Crippen molar-refractivity contribution in [3.63, 3.8) is 0 Å². The quantitative estimate of drug-likeness (QED) is 0.371. The molecule has 0 amide bonds. The topological polar surface area (TPSA) is 103 Å². The highest BCUT2D eigenvalue weighted by Crippen LogP contribution is 2.40. The van der Waals surface area contributed by atoms with Crippen LogP contribution in [0.4, 0.5) is 11.4 Å². The van der Waals surface area contributed by atoms with Gasteiger partial charge in [-0.1, -0.05) is 54.6 Å². The number of rotatable bonds is 4. The number of para-hydroxylation sites is 1. The fourth-order valence-corrected chi connectivity index (χ4v) is 3.51. The average Bonchev–Trinajstić information content (AvgIpc) is 2.85. The minimum absolute atomic E-state index is 0.0637. The molecule has 3 aromatic rings. The Balaban J connectivity index is 1.83. The molecule has 4 rings (SSSR count). The van der Waals surface area contributed by atoms with E-state index in [1.165, 1.54) is 23.9 Å². The summed E-state index contributed by atoms with van der Waals surface area (Å²) in [7, 11) is 0. The molecule has 0 saturated carbocycles. The average molecular weight is 416 g/mol. The third kappa shape index (κ3) is 3.46. The molecule has 10 heteroatoms. The third-order valence-electron chi connectivity index (χ3n) is 4.08. The highest BCUT2D eigenvalue weighted by atomic mass is 35.5. The van der Waals surface area contributed by atoms with Crippen molar-refractivity contribution in [3.05, 3.63) is 63.2 Å². The number of nitrogens with zero attached hydrogens (tertiary/aromatic N) is 4. The van der Waals surface area contributed by atoms with Crippen LogP contribution in [0.2, 0.25) is 5.02 Å². The number of thioether (sulfide) groups is 1. The number of aromatic nitrogens is 3. The van der Waals surface area contributed by atoms with Gasteiger partial charge in [0.15, 0.2) is 11.9 Å². The lowest BCUT2D eigenvalue weighted by molar-refractivity contribution is -0.384. The molecule has 28 heavy (non-hydrogen) atoms. The van der Waals surface area contributed by atoms with Gasteiger partial charge in [0.1, 0.15) is 5.02 Å². The van der Waals surface area contributed by atoms with Gasteiger partial charge in [0.25, 0.3) is 5.69 Å². The van der Waals surface area contributed by atoms with Crippen LogP contribution in [-0.4, -0.2) is 25.9 Å². The number of benzene rings is 2. The number of nitro benzene ring substituents is 1. The van der Waals surface area contributed by atoms with E-state index in [1.54, 1.807) is 6.07 Å². The monoisotopic (exact) mass is 415 g/mol. The van der Waals surface area contributed by atoms with Gasteiger partial charge in [-0.15, -0.1) is 10.2 Å². The van der Waals surface area contributed by atoms with E-state index in [1.807, 2.05) is 31.2 Å². The second kappa shape index (κ2) is 7.61. The maximum Gasteiger partial charge on any atom is 0.288 e. The second-order valence-electron chi connectivity index (χ2n) is 5.84. The predicted molar refractivity (Wildman–Crippen MR) is 107 cm³/mol. The van der Waals surface area contributed by atoms with Crippen LogP contribution < -0.4 is 10.1 Å². The van der Waals surface area contributed by atoms with Crippen molar-refractivity contribution in [2.24, 2.45) is 0 Å². The molecule has 1 aliphatic rings. The molecule has 0 spiro atoms. The molecule has 142 valence electrons. The molecule has 1 atom stereocenters. The number of nitro groups is 1. The van der Waals surface area contributed by atoms with E-state index in [2.05, 4.69) is 20.5 Å². The summed E-state index contributed by atoms with van der Waals surface area (Å²) in [6.07, 6.45) is -0.713. The van der Waals surface area contributed by atoms with Gasteiger partial charge in [-0.05, 0) is 17.9 Å². The summed E-state index contributed by atoms with van der Waals surface area (Å²) in [6.45, 7) is 1.99. The van der Waals surface area contributed by atoms with Crippen LogP contribution in [0.25, 0.3) is 11.3 Å². The smallest absolute Gasteiger partial charge is 0.288 e. The van der Waals surface area contributed by atoms with Gasteiger partial charge < -0.3 is 10.1 Å². The maximum atomic E-state index is 11.3. The minimum Gasteiger partial charge on any atom is -0.448 e. The van der Waals surface area contributed by atoms with Crippen LogP contribution in [0, 0.1) is 10.1 Å². The Labute approximate surface area is 169 Å². The van der Waals surface area contributed by atoms with Crippen LogP contribution in [0.15, 0.2) is 47.6 Å². The van der Waals surface area contributed by atoms with Gasteiger partial charge in [0.2, 0.25) is 11.0 Å². The van der Waals surface area contributed by atoms with E-state index in [0.717, 1.165) is 17.0 Å². The largest absolute Gasteiger partial charge is 0.448 e. The Kier molecular flexibility index (Phi) is 5.01. The molecule has 0 fully saturated rings. The summed E-state index contributed by atoms with van der Waals surface area (Å²) < 4.78 is 6.08. The van der Waals surface area contributed by atoms with Gasteiger partial charge in [-0.25, -0.2) is 0 Å². The molecular formula is C18H14ClN5O3S. The molecule has 8 nitrogen and oxygen atoms in total. The van der Waals surface area contributed by atoms with Crippen molar-refractivity contribution in [3.8, 4) is 17.1 Å². The second-order valence-corrected chi connectivity index (χ2v) is 7.48. The molecule has 0 aliphatic carbocycles. The Morgan fingerprint density at radius 3 is 2.89 bits per heavy atom. The lowest BCUT2D eigenvalue weighted by Crippen LogP contribution is -2.17. The van der Waals surface area contributed by atoms with E-state index in [9.17, 15) is 10.1 Å². The number of halogens is 1. The van der Waals surface area contributed by atoms with E-state index in [0.29, 0.717) is 22.3 Å². The van der Waals surface area contributed by atoms with Gasteiger partial charge in [0, 0.05) is 22.9 Å². The highest BCUT2D eigenvalue weighted by Gasteiger charge is 2.27. The first-order valence-corrected chi connectivity index (χ1v) is 9.77. The van der Waals surface area contributed by atoms with Crippen LogP contribution in [0.3, 0.4) is 0 Å². The zero-order valence-electron chi connectivity index (χ0n) is 14.6. The third-order valence-corrected chi connectivity index (χ3v) is 5.12. The van der Waals surface area contributed by atoms with E-state index >= 15 is 0 Å². The standard InChI is InChI=1S/C18H14ClN5O3S/c1-2-28-18-21-17-15(22-23-18)11-5-3-4-6-13(11)20-16(27-17)10-7-8-12(19)14(9-10)24(25)26/h3-9,16,20H,2H2,1H3/t16-/m0/s1. The normalized spacial score (nSPS) is 14.9. The van der Waals surface area contributed by atoms with Crippen LogP contribution >= 0.6 is 23.4 Å². The summed E-state index contributed by atoms with van der Waals surface area (Å²) in [5.41, 5.74) is 2.41. The van der Waals surface area contributed by atoms with E-state index in [-0.39, 0.29) is 10.7 Å². The molecule has 1 aliphatic heterocycles. The number of anilines is 1. The summed E-state index contributed by atoms with van der Waals surface area (Å²) in [5, 5.41) is 23.5. The van der Waals surface area contributed by atoms with Crippen molar-refractivity contribution < 1.29 is 9.66 Å². The molecule has 0 unspecified atom stereocenters. The number of nitrogens with one attached hydrogen (secondary N) is 1. The zero-order valence-corrected chi connectivity index (χ0v) is 16.2. The SMILES string of the molecule is CCSc1nnc2c(n1)O[C@@H](c1ccc(Cl)c([N+](=O)[O-])c1)Nc1ccccc1-2. The van der Waals surface area contributed by atoms with Crippen molar-refractivity contribution >= 4 is 34.7 Å². The predicted octanol–water partition coefficient (Wildman–Crippen LogP) is 4.72. The summed E-state index contributed by atoms with van der Waals surface area (Å²) in [6, 6.07) is 12.1. The summed E-state index contributed by atoms with van der Waals surface area (Å²) in [5.74, 6) is 1.10. The van der Waals surface area contributed by atoms with Gasteiger partial charge >= 0.3 is 0 Å². The number of hydrogen-bond acceptors (Lipinski definition) is 8. The van der Waals surface area contributed by atoms with Gasteiger partial charge in [0.05, 0.1) is 4.92 Å². The molecule has 2 aromatic carbocycles. The molecule has 2 heterocycles. The van der Waals surface area contributed by atoms with Crippen molar-refractivity contribution in [1.29, 1.82) is 0 Å². The molecule has 0 saturated heterocycles. The number of ether oxygens (including phenoxy) is 1. The van der Waals surface area contributed by atoms with Crippen LogP contribution in [0.1, 0.15) is 18.7 Å². The lowest BCUT2D eigenvalue weighted by Gasteiger charge is -2.19. The van der Waals surface area contributed by atoms with E-state index in [4.69, 9.17) is 16.3 Å². The minimum atomic E-state index is -0.713. The first-order chi connectivity index (χ1) is 13.6. The lowest BCUT2D eigenvalue weighted by atomic mass is 10.1. The van der Waals surface area contributed by atoms with Crippen LogP contribution in [-0.2, 0) is 0 Å². The summed E-state index contributed by atoms with van der Waals surface area (Å²) >= 11 is 7.39. The van der Waals surface area contributed by atoms with Crippen molar-refractivity contribution in [2.45, 2.75) is 18.3 Å². The fraction of sp³-hybridized carbons (Fsp3) is 0.167. The zero-order chi connectivity index (χ0) is 19.7. The molecular weight excluding hydrogens is 402 g/mol. The molecule has 0 radical (unpaired) electrons. The molecule has 1 aromatic heterocycles. The maximum absolute atomic E-state index is 11.3. The van der Waals surface area contributed by atoms with E-state index < -0.39 is 11.2 Å². The highest BCUT2D eigenvalue weighted by molar-refractivity contribution is 7.99. The molecule has 1 N–H and O–H groups in total. The Bertz CT molecular complexity index is 1070. The van der Waals surface area contributed by atoms with Crippen LogP contribution in [0.5, 0.6) is 5.88 Å². The number of hydrogen-bond donors (Lipinski definition) is 1. The Morgan fingerprint density at radius 1 is 1.29 bits per heavy atom. The summed E-state index contributed by atoms with van der Waals surface area (Å²) in [4.78, 5) is 15.2. The fourth-order valence-electron chi connectivity index (χ4n) is 2.82. The number of fused-ring (bicyclic) bond motifs is 3. The first-order valence-electron chi connectivity index (χ1n) is 8.40. The molecule has 0 bridgehead atoms. The van der Waals surface area contributed by atoms with Crippen molar-refractivity contribution in [2.75, 3.05) is 11.1 Å². The Morgan fingerprint density at radius 2 is 2.11 bits per heavy atom. The first kappa shape index (κ1) is 18.5.